The van der Waals surface area contributed by atoms with Crippen LogP contribution in [-0.2, 0) is 0 Å². The monoisotopic (exact) mass is 354 g/mol. The molecule has 0 aliphatic carbocycles. The van der Waals surface area contributed by atoms with E-state index in [4.69, 9.17) is 21.7 Å². The van der Waals surface area contributed by atoms with Crippen LogP contribution in [0.4, 0.5) is 0 Å². The number of rotatable bonds is 4. The van der Waals surface area contributed by atoms with Crippen molar-refractivity contribution in [1.29, 1.82) is 0 Å². The summed E-state index contributed by atoms with van der Waals surface area (Å²) in [6.45, 7) is -0.324. The molecule has 2 aliphatic heterocycles. The Labute approximate surface area is 144 Å². The summed E-state index contributed by atoms with van der Waals surface area (Å²) in [4.78, 5) is 13.6. The zero-order valence-electron chi connectivity index (χ0n) is 14.2. The third kappa shape index (κ3) is 2.78. The Balaban J connectivity index is 2.06. The van der Waals surface area contributed by atoms with E-state index < -0.39 is 6.46 Å². The van der Waals surface area contributed by atoms with Gasteiger partial charge in [0.25, 0.3) is 0 Å². The fraction of sp³-hybridized carbons (Fsp3) is 0.611. The molecular weight excluding hydrogens is 327 g/mol. The van der Waals surface area contributed by atoms with Crippen LogP contribution in [0, 0.1) is 6.92 Å². The van der Waals surface area contributed by atoms with Gasteiger partial charge < -0.3 is 0 Å². The number of ether oxygens (including phenoxy) is 2. The molecule has 3 rings (SSSR count). The SMILES string of the molecule is COc1cc(C)c(C(=O)[PH]2(S)C3CCCC2CCC3)c(OC)c1. The Kier molecular flexibility index (Phi) is 4.94. The molecule has 0 spiro atoms. The van der Waals surface area contributed by atoms with Crippen molar-refractivity contribution < 1.29 is 14.3 Å². The summed E-state index contributed by atoms with van der Waals surface area (Å²) >= 11 is 5.16. The van der Waals surface area contributed by atoms with Crippen molar-refractivity contribution in [2.24, 2.45) is 0 Å². The predicted molar refractivity (Wildman–Crippen MR) is 101 cm³/mol. The van der Waals surface area contributed by atoms with Gasteiger partial charge in [0, 0.05) is 0 Å². The Hall–Kier alpha value is -0.730. The zero-order valence-corrected chi connectivity index (χ0v) is 16.1. The van der Waals surface area contributed by atoms with Crippen LogP contribution >= 0.6 is 18.7 Å². The molecule has 3 nitrogen and oxygen atoms in total. The van der Waals surface area contributed by atoms with Gasteiger partial charge in [0.15, 0.2) is 0 Å². The van der Waals surface area contributed by atoms with Crippen LogP contribution in [0.3, 0.4) is 0 Å². The van der Waals surface area contributed by atoms with Gasteiger partial charge in [0.1, 0.15) is 0 Å². The van der Waals surface area contributed by atoms with E-state index in [1.165, 1.54) is 38.5 Å². The average molecular weight is 354 g/mol. The van der Waals surface area contributed by atoms with Gasteiger partial charge in [-0.1, -0.05) is 0 Å². The topological polar surface area (TPSA) is 35.5 Å². The molecule has 0 N–H and O–H groups in total. The number of benzene rings is 1. The van der Waals surface area contributed by atoms with Gasteiger partial charge in [-0.05, 0) is 0 Å². The van der Waals surface area contributed by atoms with E-state index in [9.17, 15) is 4.79 Å². The van der Waals surface area contributed by atoms with Crippen molar-refractivity contribution in [3.05, 3.63) is 23.3 Å². The van der Waals surface area contributed by atoms with Crippen molar-refractivity contribution in [3.63, 3.8) is 0 Å². The maximum absolute atomic E-state index is 13.6. The number of fused-ring (bicyclic) bond motifs is 2. The summed E-state index contributed by atoms with van der Waals surface area (Å²) in [5, 5.41) is 0. The Morgan fingerprint density at radius 3 is 2.13 bits per heavy atom. The molecule has 0 aromatic heterocycles. The molecule has 2 bridgehead atoms. The van der Waals surface area contributed by atoms with E-state index >= 15 is 0 Å². The van der Waals surface area contributed by atoms with Crippen molar-refractivity contribution in [3.8, 4) is 11.5 Å². The van der Waals surface area contributed by atoms with Gasteiger partial charge in [-0.15, -0.1) is 0 Å². The van der Waals surface area contributed by atoms with Gasteiger partial charge in [-0.3, -0.25) is 0 Å². The molecular formula is C18H27O3PS. The van der Waals surface area contributed by atoms with Crippen LogP contribution in [-0.4, -0.2) is 31.1 Å². The van der Waals surface area contributed by atoms with E-state index in [-0.39, 0.29) is 5.52 Å². The predicted octanol–water partition coefficient (Wildman–Crippen LogP) is 4.85. The number of carbonyl (C=O) groups is 1. The Bertz CT molecular complexity index is 595. The number of hydrogen-bond acceptors (Lipinski definition) is 4. The molecule has 1 aromatic carbocycles. The van der Waals surface area contributed by atoms with E-state index in [0.29, 0.717) is 17.1 Å². The molecule has 128 valence electrons. The van der Waals surface area contributed by atoms with Gasteiger partial charge in [-0.25, -0.2) is 0 Å². The van der Waals surface area contributed by atoms with Crippen LogP contribution in [0.5, 0.6) is 11.5 Å². The second kappa shape index (κ2) is 6.64. The summed E-state index contributed by atoms with van der Waals surface area (Å²) in [5.41, 5.74) is 3.02. The maximum atomic E-state index is 13.6. The van der Waals surface area contributed by atoms with Crippen molar-refractivity contribution >= 4 is 24.2 Å². The third-order valence-electron chi connectivity index (χ3n) is 5.77. The van der Waals surface area contributed by atoms with E-state index in [1.54, 1.807) is 14.2 Å². The van der Waals surface area contributed by atoms with Gasteiger partial charge in [-0.2, -0.15) is 0 Å². The van der Waals surface area contributed by atoms with Crippen LogP contribution in [0.1, 0.15) is 54.4 Å². The average Bonchev–Trinajstić information content (AvgIpc) is 2.52. The first kappa shape index (κ1) is 17.1. The first-order valence-corrected chi connectivity index (χ1v) is 12.0. The molecule has 23 heavy (non-hydrogen) atoms. The molecule has 2 fully saturated rings. The number of carbonyl (C=O) groups excluding carboxylic acids is 1. The number of thiol groups is 1. The van der Waals surface area contributed by atoms with Crippen molar-refractivity contribution in [2.45, 2.75) is 56.8 Å². The molecule has 0 atom stereocenters. The molecule has 0 radical (unpaired) electrons. The van der Waals surface area contributed by atoms with E-state index in [0.717, 1.165) is 16.9 Å². The van der Waals surface area contributed by atoms with Crippen LogP contribution in [0.2, 0.25) is 0 Å². The standard InChI is InChI=1S/C18H27O3PS/c1-12-10-13(20-2)11-16(21-3)17(12)18(19)22(23)14-6-4-7-15(22)9-5-8-14/h10-11,14-15,22-23H,4-9H2,1-3H3. The Morgan fingerprint density at radius 1 is 1.09 bits per heavy atom. The van der Waals surface area contributed by atoms with E-state index in [2.05, 4.69) is 0 Å². The molecule has 0 amide bonds. The van der Waals surface area contributed by atoms with Crippen LogP contribution in [0.25, 0.3) is 0 Å². The zero-order chi connectivity index (χ0) is 16.6. The summed E-state index contributed by atoms with van der Waals surface area (Å²) in [6, 6.07) is 3.75. The fourth-order valence-electron chi connectivity index (χ4n) is 4.59. The Morgan fingerprint density at radius 2 is 1.65 bits per heavy atom. The number of methoxy groups -OCH3 is 2. The normalized spacial score (nSPS) is 27.1. The summed E-state index contributed by atoms with van der Waals surface area (Å²) < 4.78 is 10.9. The van der Waals surface area contributed by atoms with E-state index in [1.807, 2.05) is 19.1 Å². The van der Waals surface area contributed by atoms with Gasteiger partial charge in [0.2, 0.25) is 0 Å². The molecule has 1 aromatic rings. The summed E-state index contributed by atoms with van der Waals surface area (Å²) in [5.74, 6) is 1.37. The number of aryl methyl sites for hydroxylation is 1. The quantitative estimate of drug-likeness (QED) is 0.620. The van der Waals surface area contributed by atoms with Crippen LogP contribution < -0.4 is 9.47 Å². The summed E-state index contributed by atoms with van der Waals surface area (Å²) in [6.07, 6.45) is 7.23. The third-order valence-corrected chi connectivity index (χ3v) is 13.2. The first-order valence-electron chi connectivity index (χ1n) is 8.52. The minimum atomic E-state index is -2.30. The number of hydrogen-bond donors (Lipinski definition) is 1. The molecule has 2 aliphatic rings. The second-order valence-corrected chi connectivity index (χ2v) is 12.9. The van der Waals surface area contributed by atoms with Gasteiger partial charge in [0.05, 0.1) is 0 Å². The minimum absolute atomic E-state index is 0.284. The summed E-state index contributed by atoms with van der Waals surface area (Å²) in [7, 11) is 3.26. The second-order valence-electron chi connectivity index (χ2n) is 6.93. The van der Waals surface area contributed by atoms with Crippen molar-refractivity contribution in [1.82, 2.24) is 0 Å². The fourth-order valence-corrected chi connectivity index (χ4v) is 11.2. The molecule has 0 saturated carbocycles. The van der Waals surface area contributed by atoms with Crippen LogP contribution in [0.15, 0.2) is 12.1 Å². The van der Waals surface area contributed by atoms with Gasteiger partial charge >= 0.3 is 144 Å². The first-order chi connectivity index (χ1) is 11.0. The molecule has 2 saturated heterocycles. The molecule has 2 heterocycles. The molecule has 5 heteroatoms. The molecule has 0 unspecified atom stereocenters. The van der Waals surface area contributed by atoms with Crippen molar-refractivity contribution in [2.75, 3.05) is 14.2 Å².